The highest BCUT2D eigenvalue weighted by atomic mass is 16.6. The van der Waals surface area contributed by atoms with Crippen LogP contribution in [0.3, 0.4) is 0 Å². The monoisotopic (exact) mass is 448 g/mol. The minimum atomic E-state index is -0.520. The second-order valence-corrected chi connectivity index (χ2v) is 8.84. The molecule has 3 aromatic rings. The fraction of sp³-hybridized carbons (Fsp3) is 0.143. The van der Waals surface area contributed by atoms with Crippen molar-refractivity contribution >= 4 is 28.8 Å². The van der Waals surface area contributed by atoms with Crippen LogP contribution >= 0.6 is 0 Å². The molecule has 4 atom stereocenters. The number of nitrogens with zero attached hydrogens (tertiary/aromatic N) is 2. The molecule has 2 fully saturated rings. The maximum atomic E-state index is 13.6. The predicted octanol–water partition coefficient (Wildman–Crippen LogP) is 5.02. The summed E-state index contributed by atoms with van der Waals surface area (Å²) in [4.78, 5) is 39.0. The van der Waals surface area contributed by atoms with Gasteiger partial charge in [0.2, 0.25) is 11.8 Å². The predicted molar refractivity (Wildman–Crippen MR) is 128 cm³/mol. The summed E-state index contributed by atoms with van der Waals surface area (Å²) < 4.78 is 0. The van der Waals surface area contributed by atoms with E-state index in [1.807, 2.05) is 36.4 Å². The number of non-ortho nitro benzene ring substituents is 1. The van der Waals surface area contributed by atoms with Crippen molar-refractivity contribution in [2.24, 2.45) is 23.7 Å². The summed E-state index contributed by atoms with van der Waals surface area (Å²) in [5.74, 6) is -1.95. The van der Waals surface area contributed by atoms with Gasteiger partial charge in [-0.2, -0.15) is 0 Å². The highest BCUT2D eigenvalue weighted by Crippen LogP contribution is 2.58. The van der Waals surface area contributed by atoms with Crippen LogP contribution in [0, 0.1) is 33.8 Å². The van der Waals surface area contributed by atoms with E-state index in [-0.39, 0.29) is 35.0 Å². The molecule has 6 heteroatoms. The number of hydrogen-bond acceptors (Lipinski definition) is 4. The summed E-state index contributed by atoms with van der Waals surface area (Å²) in [5, 5.41) is 11.2. The fourth-order valence-electron chi connectivity index (χ4n) is 5.81. The summed E-state index contributed by atoms with van der Waals surface area (Å²) >= 11 is 0. The van der Waals surface area contributed by atoms with Crippen LogP contribution in [0.5, 0.6) is 0 Å². The summed E-state index contributed by atoms with van der Waals surface area (Å²) in [7, 11) is 0. The van der Waals surface area contributed by atoms with Gasteiger partial charge in [0, 0.05) is 24.0 Å². The highest BCUT2D eigenvalue weighted by molar-refractivity contribution is 6.23. The Hall–Kier alpha value is -4.32. The quantitative estimate of drug-likeness (QED) is 0.243. The van der Waals surface area contributed by atoms with Crippen molar-refractivity contribution in [3.8, 4) is 0 Å². The van der Waals surface area contributed by atoms with E-state index in [0.29, 0.717) is 0 Å². The number of amides is 2. The minimum Gasteiger partial charge on any atom is -0.274 e. The molecule has 2 aliphatic carbocycles. The molecule has 0 spiro atoms. The summed E-state index contributed by atoms with van der Waals surface area (Å²) in [6, 6.07) is 25.9. The van der Waals surface area contributed by atoms with E-state index in [9.17, 15) is 19.7 Å². The molecule has 2 bridgehead atoms. The maximum Gasteiger partial charge on any atom is 0.271 e. The lowest BCUT2D eigenvalue weighted by molar-refractivity contribution is -0.384. The van der Waals surface area contributed by atoms with E-state index < -0.39 is 16.8 Å². The van der Waals surface area contributed by atoms with Crippen LogP contribution in [0.25, 0.3) is 5.57 Å². The van der Waals surface area contributed by atoms with Crippen LogP contribution in [0.4, 0.5) is 11.4 Å². The lowest BCUT2D eigenvalue weighted by Crippen LogP contribution is -2.33. The first-order valence-corrected chi connectivity index (χ1v) is 11.2. The Balaban J connectivity index is 1.47. The van der Waals surface area contributed by atoms with Crippen molar-refractivity contribution in [1.82, 2.24) is 0 Å². The SMILES string of the molecule is O=C1[C@H]2[C@H](C(=O)N1c1cccc([N+](=O)[O-])c1)[C@@H]1C=C[C@@H]2C1=C(c1ccccc1)c1ccccc1. The molecule has 1 saturated heterocycles. The number of hydrogen-bond donors (Lipinski definition) is 0. The molecule has 0 N–H and O–H groups in total. The molecule has 6 rings (SSSR count). The number of benzene rings is 3. The zero-order valence-corrected chi connectivity index (χ0v) is 18.1. The zero-order valence-electron chi connectivity index (χ0n) is 18.1. The Morgan fingerprint density at radius 2 is 1.26 bits per heavy atom. The Bertz CT molecular complexity index is 1320. The molecule has 3 aliphatic rings. The molecule has 0 aromatic heterocycles. The Morgan fingerprint density at radius 1 is 0.735 bits per heavy atom. The van der Waals surface area contributed by atoms with Gasteiger partial charge in [0.05, 0.1) is 22.4 Å². The topological polar surface area (TPSA) is 80.5 Å². The third-order valence-electron chi connectivity index (χ3n) is 7.13. The van der Waals surface area contributed by atoms with E-state index in [0.717, 1.165) is 27.2 Å². The van der Waals surface area contributed by atoms with Gasteiger partial charge in [0.1, 0.15) is 0 Å². The number of carbonyl (C=O) groups is 2. The fourth-order valence-corrected chi connectivity index (χ4v) is 5.81. The van der Waals surface area contributed by atoms with Crippen LogP contribution in [-0.2, 0) is 9.59 Å². The van der Waals surface area contributed by atoms with E-state index in [4.69, 9.17) is 0 Å². The van der Waals surface area contributed by atoms with Crippen molar-refractivity contribution in [1.29, 1.82) is 0 Å². The molecule has 1 saturated carbocycles. The van der Waals surface area contributed by atoms with E-state index in [2.05, 4.69) is 36.4 Å². The molecule has 1 aliphatic heterocycles. The van der Waals surface area contributed by atoms with Crippen molar-refractivity contribution in [3.63, 3.8) is 0 Å². The van der Waals surface area contributed by atoms with E-state index in [1.165, 1.54) is 18.2 Å². The minimum absolute atomic E-state index is 0.146. The van der Waals surface area contributed by atoms with Gasteiger partial charge >= 0.3 is 0 Å². The Labute approximate surface area is 196 Å². The number of carbonyl (C=O) groups excluding carboxylic acids is 2. The molecule has 166 valence electrons. The number of nitro benzene ring substituents is 1. The first-order chi connectivity index (χ1) is 16.6. The number of fused-ring (bicyclic) bond motifs is 5. The van der Waals surface area contributed by atoms with Crippen LogP contribution < -0.4 is 4.90 Å². The standard InChI is InChI=1S/C28H20N2O4/c31-27-25-21-14-15-22(26(25)28(32)29(27)19-12-7-13-20(16-19)30(33)34)24(21)23(17-8-3-1-4-9-17)18-10-5-2-6-11-18/h1-16,21-22,25-26H/t21-,22-,25-,26-/m1/s1. The highest BCUT2D eigenvalue weighted by Gasteiger charge is 2.62. The summed E-state index contributed by atoms with van der Waals surface area (Å²) in [5.41, 5.74) is 4.39. The van der Waals surface area contributed by atoms with Crippen molar-refractivity contribution < 1.29 is 14.5 Å². The molecular formula is C28H20N2O4. The summed E-state index contributed by atoms with van der Waals surface area (Å²) in [6.07, 6.45) is 4.10. The lowest BCUT2D eigenvalue weighted by Gasteiger charge is -2.21. The second kappa shape index (κ2) is 7.63. The third-order valence-corrected chi connectivity index (χ3v) is 7.13. The van der Waals surface area contributed by atoms with Gasteiger partial charge in [0.15, 0.2) is 0 Å². The van der Waals surface area contributed by atoms with Gasteiger partial charge in [-0.15, -0.1) is 0 Å². The van der Waals surface area contributed by atoms with E-state index >= 15 is 0 Å². The average Bonchev–Trinajstić information content (AvgIpc) is 3.50. The van der Waals surface area contributed by atoms with Crippen LogP contribution in [-0.4, -0.2) is 16.7 Å². The first kappa shape index (κ1) is 20.3. The molecular weight excluding hydrogens is 428 g/mol. The van der Waals surface area contributed by atoms with Crippen molar-refractivity contribution in [2.75, 3.05) is 4.90 Å². The van der Waals surface area contributed by atoms with Crippen LogP contribution in [0.1, 0.15) is 11.1 Å². The number of imide groups is 1. The molecule has 3 aromatic carbocycles. The largest absolute Gasteiger partial charge is 0.274 e. The van der Waals surface area contributed by atoms with Crippen LogP contribution in [0.2, 0.25) is 0 Å². The number of rotatable bonds is 4. The Kier molecular flexibility index (Phi) is 4.55. The third kappa shape index (κ3) is 2.88. The molecule has 6 nitrogen and oxygen atoms in total. The van der Waals surface area contributed by atoms with Gasteiger partial charge in [-0.1, -0.05) is 78.9 Å². The molecule has 34 heavy (non-hydrogen) atoms. The van der Waals surface area contributed by atoms with Crippen molar-refractivity contribution in [2.45, 2.75) is 0 Å². The van der Waals surface area contributed by atoms with Crippen molar-refractivity contribution in [3.05, 3.63) is 124 Å². The van der Waals surface area contributed by atoms with Gasteiger partial charge in [0.25, 0.3) is 5.69 Å². The molecule has 2 amide bonds. The molecule has 0 unspecified atom stereocenters. The molecule has 0 radical (unpaired) electrons. The first-order valence-electron chi connectivity index (χ1n) is 11.2. The maximum absolute atomic E-state index is 13.6. The summed E-state index contributed by atoms with van der Waals surface area (Å²) in [6.45, 7) is 0. The lowest BCUT2D eigenvalue weighted by atomic mass is 9.85. The number of allylic oxidation sites excluding steroid dienone is 3. The number of nitro groups is 1. The zero-order chi connectivity index (χ0) is 23.4. The second-order valence-electron chi connectivity index (χ2n) is 8.84. The molecule has 1 heterocycles. The van der Waals surface area contributed by atoms with Gasteiger partial charge in [-0.05, 0) is 28.3 Å². The van der Waals surface area contributed by atoms with E-state index in [1.54, 1.807) is 6.07 Å². The van der Waals surface area contributed by atoms with Gasteiger partial charge < -0.3 is 0 Å². The normalized spacial score (nSPS) is 24.6. The Morgan fingerprint density at radius 3 is 1.76 bits per heavy atom. The van der Waals surface area contributed by atoms with Gasteiger partial charge in [-0.3, -0.25) is 19.7 Å². The average molecular weight is 448 g/mol. The number of anilines is 1. The smallest absolute Gasteiger partial charge is 0.271 e. The van der Waals surface area contributed by atoms with Crippen LogP contribution in [0.15, 0.2) is 103 Å². The van der Waals surface area contributed by atoms with Gasteiger partial charge in [-0.25, -0.2) is 4.90 Å².